The van der Waals surface area contributed by atoms with E-state index < -0.39 is 6.10 Å². The van der Waals surface area contributed by atoms with Gasteiger partial charge in [0.05, 0.1) is 0 Å². The monoisotopic (exact) mass is 318 g/mol. The molecule has 4 heteroatoms. The highest BCUT2D eigenvalue weighted by atomic mass is 32.1. The third-order valence-corrected chi connectivity index (χ3v) is 6.00. The lowest BCUT2D eigenvalue weighted by molar-refractivity contribution is 0.128. The molecule has 0 radical (unpaired) electrons. The summed E-state index contributed by atoms with van der Waals surface area (Å²) in [7, 11) is 0. The fourth-order valence-corrected chi connectivity index (χ4v) is 4.40. The number of aliphatic hydroxyl groups is 1. The van der Waals surface area contributed by atoms with Crippen LogP contribution in [0.25, 0.3) is 10.1 Å². The standard InChI is InChI=1S/C18H26N2OS/c1-3-20-9-8-15(13(2)12-20)19-11-16(21)18-10-14-6-4-5-7-17(14)22-18/h4-7,10,13,15-16,19,21H,3,8-9,11-12H2,1-2H3. The average molecular weight is 318 g/mol. The summed E-state index contributed by atoms with van der Waals surface area (Å²) in [5.41, 5.74) is 0. The smallest absolute Gasteiger partial charge is 0.101 e. The number of fused-ring (bicyclic) bond motifs is 1. The summed E-state index contributed by atoms with van der Waals surface area (Å²) in [6.45, 7) is 8.65. The van der Waals surface area contributed by atoms with Gasteiger partial charge >= 0.3 is 0 Å². The van der Waals surface area contributed by atoms with E-state index in [0.717, 1.165) is 24.5 Å². The Labute approximate surface area is 137 Å². The molecule has 120 valence electrons. The summed E-state index contributed by atoms with van der Waals surface area (Å²) >= 11 is 1.70. The number of hydrogen-bond donors (Lipinski definition) is 2. The number of benzene rings is 1. The number of nitrogens with one attached hydrogen (secondary N) is 1. The largest absolute Gasteiger partial charge is 0.386 e. The number of hydrogen-bond acceptors (Lipinski definition) is 4. The molecule has 2 aromatic rings. The van der Waals surface area contributed by atoms with Crippen LogP contribution in [0.1, 0.15) is 31.2 Å². The first-order valence-corrected chi connectivity index (χ1v) is 9.11. The summed E-state index contributed by atoms with van der Waals surface area (Å²) in [6.07, 6.45) is 0.766. The third kappa shape index (κ3) is 3.51. The maximum Gasteiger partial charge on any atom is 0.101 e. The second-order valence-corrected chi connectivity index (χ2v) is 7.49. The number of piperidine rings is 1. The van der Waals surface area contributed by atoms with E-state index in [1.807, 2.05) is 6.07 Å². The van der Waals surface area contributed by atoms with Gasteiger partial charge < -0.3 is 15.3 Å². The number of aliphatic hydroxyl groups excluding tert-OH is 1. The van der Waals surface area contributed by atoms with Crippen molar-refractivity contribution in [2.45, 2.75) is 32.4 Å². The van der Waals surface area contributed by atoms with Crippen LogP contribution in [0, 0.1) is 5.92 Å². The van der Waals surface area contributed by atoms with Crippen molar-refractivity contribution < 1.29 is 5.11 Å². The topological polar surface area (TPSA) is 35.5 Å². The second kappa shape index (κ2) is 7.09. The quantitative estimate of drug-likeness (QED) is 0.888. The summed E-state index contributed by atoms with van der Waals surface area (Å²) in [6, 6.07) is 11.0. The minimum atomic E-state index is -0.409. The van der Waals surface area contributed by atoms with Gasteiger partial charge in [-0.3, -0.25) is 0 Å². The van der Waals surface area contributed by atoms with Crippen LogP contribution in [0.3, 0.4) is 0 Å². The van der Waals surface area contributed by atoms with Crippen molar-refractivity contribution in [3.63, 3.8) is 0 Å². The zero-order valence-electron chi connectivity index (χ0n) is 13.5. The van der Waals surface area contributed by atoms with Crippen LogP contribution >= 0.6 is 11.3 Å². The zero-order chi connectivity index (χ0) is 15.5. The van der Waals surface area contributed by atoms with Gasteiger partial charge in [-0.25, -0.2) is 0 Å². The molecular weight excluding hydrogens is 292 g/mol. The van der Waals surface area contributed by atoms with E-state index in [2.05, 4.69) is 48.3 Å². The van der Waals surface area contributed by atoms with Gasteiger partial charge in [0.1, 0.15) is 6.10 Å². The summed E-state index contributed by atoms with van der Waals surface area (Å²) in [4.78, 5) is 3.57. The number of likely N-dealkylation sites (tertiary alicyclic amines) is 1. The molecule has 0 saturated carbocycles. The molecule has 1 aliphatic rings. The van der Waals surface area contributed by atoms with Crippen LogP contribution < -0.4 is 5.32 Å². The summed E-state index contributed by atoms with van der Waals surface area (Å²) < 4.78 is 1.25. The maximum atomic E-state index is 10.5. The number of nitrogens with zero attached hydrogens (tertiary/aromatic N) is 1. The predicted octanol–water partition coefficient (Wildman–Crippen LogP) is 3.25. The Hall–Kier alpha value is -0.940. The lowest BCUT2D eigenvalue weighted by Gasteiger charge is -2.37. The SMILES string of the molecule is CCN1CCC(NCC(O)c2cc3ccccc3s2)C(C)C1. The minimum absolute atomic E-state index is 0.409. The minimum Gasteiger partial charge on any atom is -0.386 e. The summed E-state index contributed by atoms with van der Waals surface area (Å²) in [5, 5.41) is 15.3. The molecule has 1 saturated heterocycles. The van der Waals surface area contributed by atoms with E-state index >= 15 is 0 Å². The molecule has 3 rings (SSSR count). The van der Waals surface area contributed by atoms with E-state index in [9.17, 15) is 5.11 Å². The van der Waals surface area contributed by atoms with Crippen molar-refractivity contribution in [2.24, 2.45) is 5.92 Å². The Morgan fingerprint density at radius 1 is 1.41 bits per heavy atom. The van der Waals surface area contributed by atoms with Crippen molar-refractivity contribution in [1.82, 2.24) is 10.2 Å². The number of rotatable bonds is 5. The van der Waals surface area contributed by atoms with E-state index in [0.29, 0.717) is 18.5 Å². The van der Waals surface area contributed by atoms with Crippen LogP contribution in [-0.4, -0.2) is 42.2 Å². The van der Waals surface area contributed by atoms with Crippen LogP contribution in [0.2, 0.25) is 0 Å². The molecule has 2 N–H and O–H groups in total. The van der Waals surface area contributed by atoms with Crippen LogP contribution in [0.5, 0.6) is 0 Å². The molecule has 2 heterocycles. The molecule has 0 amide bonds. The molecule has 1 fully saturated rings. The van der Waals surface area contributed by atoms with Crippen molar-refractivity contribution in [3.05, 3.63) is 35.2 Å². The Balaban J connectivity index is 1.57. The second-order valence-electron chi connectivity index (χ2n) is 6.38. The van der Waals surface area contributed by atoms with Gasteiger partial charge in [-0.15, -0.1) is 11.3 Å². The van der Waals surface area contributed by atoms with E-state index in [1.54, 1.807) is 11.3 Å². The molecule has 1 aliphatic heterocycles. The highest BCUT2D eigenvalue weighted by Crippen LogP contribution is 2.29. The molecule has 1 aromatic carbocycles. The molecule has 3 nitrogen and oxygen atoms in total. The van der Waals surface area contributed by atoms with Gasteiger partial charge in [-0.05, 0) is 42.9 Å². The van der Waals surface area contributed by atoms with Gasteiger partial charge in [0, 0.05) is 28.7 Å². The Bertz CT molecular complexity index is 579. The Kier molecular flexibility index (Phi) is 5.14. The molecule has 1 aromatic heterocycles. The third-order valence-electron chi connectivity index (χ3n) is 4.78. The first-order valence-electron chi connectivity index (χ1n) is 8.29. The Morgan fingerprint density at radius 2 is 2.23 bits per heavy atom. The molecule has 3 atom stereocenters. The van der Waals surface area contributed by atoms with E-state index in [4.69, 9.17) is 0 Å². The summed E-state index contributed by atoms with van der Waals surface area (Å²) in [5.74, 6) is 0.642. The normalized spacial score (nSPS) is 24.7. The van der Waals surface area contributed by atoms with Crippen LogP contribution in [0.15, 0.2) is 30.3 Å². The van der Waals surface area contributed by atoms with Crippen LogP contribution in [0.4, 0.5) is 0 Å². The zero-order valence-corrected chi connectivity index (χ0v) is 14.3. The van der Waals surface area contributed by atoms with Crippen molar-refractivity contribution >= 4 is 21.4 Å². The average Bonchev–Trinajstić information content (AvgIpc) is 2.97. The molecule has 0 bridgehead atoms. The van der Waals surface area contributed by atoms with Gasteiger partial charge in [0.25, 0.3) is 0 Å². The molecule has 0 aliphatic carbocycles. The highest BCUT2D eigenvalue weighted by Gasteiger charge is 2.25. The molecule has 22 heavy (non-hydrogen) atoms. The highest BCUT2D eigenvalue weighted by molar-refractivity contribution is 7.19. The fraction of sp³-hybridized carbons (Fsp3) is 0.556. The van der Waals surface area contributed by atoms with Crippen molar-refractivity contribution in [1.29, 1.82) is 0 Å². The lowest BCUT2D eigenvalue weighted by Crippen LogP contribution is -2.48. The van der Waals surface area contributed by atoms with Crippen molar-refractivity contribution in [3.8, 4) is 0 Å². The van der Waals surface area contributed by atoms with Crippen molar-refractivity contribution in [2.75, 3.05) is 26.2 Å². The Morgan fingerprint density at radius 3 is 2.95 bits per heavy atom. The lowest BCUT2D eigenvalue weighted by atomic mass is 9.93. The fourth-order valence-electron chi connectivity index (χ4n) is 3.35. The van der Waals surface area contributed by atoms with Crippen LogP contribution in [-0.2, 0) is 0 Å². The van der Waals surface area contributed by atoms with E-state index in [-0.39, 0.29) is 0 Å². The molecule has 3 unspecified atom stereocenters. The molecule has 0 spiro atoms. The van der Waals surface area contributed by atoms with Gasteiger partial charge in [0.15, 0.2) is 0 Å². The molecular formula is C18H26N2OS. The van der Waals surface area contributed by atoms with Gasteiger partial charge in [0.2, 0.25) is 0 Å². The van der Waals surface area contributed by atoms with Gasteiger partial charge in [-0.2, -0.15) is 0 Å². The first kappa shape index (κ1) is 15.9. The maximum absolute atomic E-state index is 10.5. The first-order chi connectivity index (χ1) is 10.7. The number of thiophene rings is 1. The van der Waals surface area contributed by atoms with Gasteiger partial charge in [-0.1, -0.05) is 32.0 Å². The predicted molar refractivity (Wildman–Crippen MR) is 94.5 cm³/mol. The van der Waals surface area contributed by atoms with E-state index in [1.165, 1.54) is 16.5 Å².